The molecule has 0 aliphatic carbocycles. The standard InChI is InChI=1S/C14H16Cl2N2O2/c15-11-2-1-10(7-12(11)16)17-14(19)20-13-8-18-5-3-9(13)4-6-18/h1-2,7,9,13H,3-6,8H2,(H,17,19). The summed E-state index contributed by atoms with van der Waals surface area (Å²) < 4.78 is 5.53. The molecule has 1 atom stereocenters. The fraction of sp³-hybridized carbons (Fsp3) is 0.500. The second kappa shape index (κ2) is 5.80. The maximum absolute atomic E-state index is 11.9. The van der Waals surface area contributed by atoms with E-state index < -0.39 is 6.09 Å². The third-order valence-electron chi connectivity index (χ3n) is 4.02. The smallest absolute Gasteiger partial charge is 0.411 e. The monoisotopic (exact) mass is 314 g/mol. The Morgan fingerprint density at radius 3 is 2.60 bits per heavy atom. The molecule has 3 aliphatic heterocycles. The van der Waals surface area contributed by atoms with E-state index in [0.717, 1.165) is 32.5 Å². The summed E-state index contributed by atoms with van der Waals surface area (Å²) in [6.07, 6.45) is 1.80. The van der Waals surface area contributed by atoms with E-state index >= 15 is 0 Å². The average Bonchev–Trinajstić information content (AvgIpc) is 2.44. The molecule has 1 amide bonds. The van der Waals surface area contributed by atoms with Crippen LogP contribution in [-0.2, 0) is 4.74 Å². The topological polar surface area (TPSA) is 41.6 Å². The lowest BCUT2D eigenvalue weighted by atomic mass is 9.86. The number of amides is 1. The molecule has 3 aliphatic rings. The summed E-state index contributed by atoms with van der Waals surface area (Å²) in [5, 5.41) is 3.56. The first-order chi connectivity index (χ1) is 9.61. The minimum absolute atomic E-state index is 0.000252. The van der Waals surface area contributed by atoms with E-state index in [2.05, 4.69) is 10.2 Å². The number of nitrogens with zero attached hydrogens (tertiary/aromatic N) is 1. The lowest BCUT2D eigenvalue weighted by molar-refractivity contribution is -0.0289. The van der Waals surface area contributed by atoms with Gasteiger partial charge in [-0.2, -0.15) is 0 Å². The molecule has 1 aromatic carbocycles. The molecule has 1 unspecified atom stereocenters. The summed E-state index contributed by atoms with van der Waals surface area (Å²) in [5.41, 5.74) is 0.589. The molecule has 6 heteroatoms. The molecule has 3 fully saturated rings. The molecule has 3 heterocycles. The molecule has 0 spiro atoms. The third kappa shape index (κ3) is 3.03. The number of ether oxygens (including phenoxy) is 1. The number of halogens is 2. The lowest BCUT2D eigenvalue weighted by Gasteiger charge is -2.43. The summed E-state index contributed by atoms with van der Waals surface area (Å²) in [6.45, 7) is 3.09. The average molecular weight is 315 g/mol. The molecule has 3 saturated heterocycles. The van der Waals surface area contributed by atoms with Gasteiger partial charge in [0.15, 0.2) is 0 Å². The van der Waals surface area contributed by atoms with Gasteiger partial charge in [-0.05, 0) is 50.0 Å². The second-order valence-corrected chi connectivity index (χ2v) is 6.15. The fourth-order valence-corrected chi connectivity index (χ4v) is 3.20. The normalized spacial score (nSPS) is 28.2. The Morgan fingerprint density at radius 2 is 2.00 bits per heavy atom. The Labute approximate surface area is 128 Å². The molecule has 108 valence electrons. The number of carbonyl (C=O) groups is 1. The highest BCUT2D eigenvalue weighted by Crippen LogP contribution is 2.30. The van der Waals surface area contributed by atoms with Gasteiger partial charge in [0.2, 0.25) is 0 Å². The second-order valence-electron chi connectivity index (χ2n) is 5.34. The van der Waals surface area contributed by atoms with Gasteiger partial charge in [0.25, 0.3) is 0 Å². The van der Waals surface area contributed by atoms with Crippen molar-refractivity contribution < 1.29 is 9.53 Å². The third-order valence-corrected chi connectivity index (χ3v) is 4.76. The van der Waals surface area contributed by atoms with Crippen molar-refractivity contribution in [3.63, 3.8) is 0 Å². The largest absolute Gasteiger partial charge is 0.444 e. The van der Waals surface area contributed by atoms with Gasteiger partial charge in [0.1, 0.15) is 6.10 Å². The minimum atomic E-state index is -0.429. The van der Waals surface area contributed by atoms with Gasteiger partial charge in [-0.1, -0.05) is 23.2 Å². The Bertz CT molecular complexity index is 516. The van der Waals surface area contributed by atoms with Crippen LogP contribution in [-0.4, -0.2) is 36.7 Å². The quantitative estimate of drug-likeness (QED) is 0.906. The van der Waals surface area contributed by atoms with Crippen LogP contribution in [0.2, 0.25) is 10.0 Å². The SMILES string of the molecule is O=C(Nc1ccc(Cl)c(Cl)c1)OC1CN2CCC1CC2. The number of hydrogen-bond donors (Lipinski definition) is 1. The minimum Gasteiger partial charge on any atom is -0.444 e. The van der Waals surface area contributed by atoms with E-state index in [-0.39, 0.29) is 6.10 Å². The number of benzene rings is 1. The van der Waals surface area contributed by atoms with Crippen LogP contribution in [0.3, 0.4) is 0 Å². The van der Waals surface area contributed by atoms with E-state index in [1.165, 1.54) is 0 Å². The zero-order chi connectivity index (χ0) is 14.1. The van der Waals surface area contributed by atoms with E-state index in [1.54, 1.807) is 18.2 Å². The maximum Gasteiger partial charge on any atom is 0.411 e. The van der Waals surface area contributed by atoms with Gasteiger partial charge >= 0.3 is 6.09 Å². The van der Waals surface area contributed by atoms with Crippen molar-refractivity contribution in [3.8, 4) is 0 Å². The molecule has 1 N–H and O–H groups in total. The number of carbonyl (C=O) groups excluding carboxylic acids is 1. The molecule has 4 nitrogen and oxygen atoms in total. The fourth-order valence-electron chi connectivity index (χ4n) is 2.90. The van der Waals surface area contributed by atoms with Crippen LogP contribution in [0.4, 0.5) is 10.5 Å². The highest BCUT2D eigenvalue weighted by Gasteiger charge is 2.36. The molecule has 20 heavy (non-hydrogen) atoms. The van der Waals surface area contributed by atoms with Crippen molar-refractivity contribution in [2.24, 2.45) is 5.92 Å². The number of fused-ring (bicyclic) bond motifs is 3. The lowest BCUT2D eigenvalue weighted by Crippen LogP contribution is -2.52. The first-order valence-electron chi connectivity index (χ1n) is 6.77. The van der Waals surface area contributed by atoms with Crippen LogP contribution < -0.4 is 5.32 Å². The zero-order valence-corrected chi connectivity index (χ0v) is 12.5. The van der Waals surface area contributed by atoms with E-state index in [1.807, 2.05) is 0 Å². The molecule has 2 bridgehead atoms. The van der Waals surface area contributed by atoms with Crippen LogP contribution in [0.1, 0.15) is 12.8 Å². The molecule has 1 aromatic rings. The van der Waals surface area contributed by atoms with E-state index in [0.29, 0.717) is 21.7 Å². The van der Waals surface area contributed by atoms with Gasteiger partial charge in [0.05, 0.1) is 10.0 Å². The molecule has 4 rings (SSSR count). The summed E-state index contributed by atoms with van der Waals surface area (Å²) in [6, 6.07) is 4.96. The van der Waals surface area contributed by atoms with Crippen molar-refractivity contribution >= 4 is 35.0 Å². The molecule has 0 saturated carbocycles. The highest BCUT2D eigenvalue weighted by molar-refractivity contribution is 6.42. The van der Waals surface area contributed by atoms with Crippen LogP contribution in [0.5, 0.6) is 0 Å². The van der Waals surface area contributed by atoms with E-state index in [9.17, 15) is 4.79 Å². The van der Waals surface area contributed by atoms with Crippen molar-refractivity contribution in [3.05, 3.63) is 28.2 Å². The van der Waals surface area contributed by atoms with E-state index in [4.69, 9.17) is 27.9 Å². The molecule has 0 aromatic heterocycles. The van der Waals surface area contributed by atoms with Crippen molar-refractivity contribution in [1.82, 2.24) is 4.90 Å². The summed E-state index contributed by atoms with van der Waals surface area (Å²) in [4.78, 5) is 14.3. The van der Waals surface area contributed by atoms with Crippen LogP contribution in [0.15, 0.2) is 18.2 Å². The number of hydrogen-bond acceptors (Lipinski definition) is 3. The highest BCUT2D eigenvalue weighted by atomic mass is 35.5. The van der Waals surface area contributed by atoms with Crippen molar-refractivity contribution in [1.29, 1.82) is 0 Å². The first kappa shape index (κ1) is 14.0. The first-order valence-corrected chi connectivity index (χ1v) is 7.52. The van der Waals surface area contributed by atoms with Gasteiger partial charge < -0.3 is 4.74 Å². The Kier molecular flexibility index (Phi) is 4.06. The van der Waals surface area contributed by atoms with Gasteiger partial charge in [-0.15, -0.1) is 0 Å². The number of anilines is 1. The molecular weight excluding hydrogens is 299 g/mol. The van der Waals surface area contributed by atoms with Gasteiger partial charge in [-0.25, -0.2) is 4.79 Å². The summed E-state index contributed by atoms with van der Waals surface area (Å²) >= 11 is 11.7. The number of piperidine rings is 3. The molecular formula is C14H16Cl2N2O2. The Balaban J connectivity index is 1.58. The summed E-state index contributed by atoms with van der Waals surface area (Å²) in [7, 11) is 0. The van der Waals surface area contributed by atoms with Crippen LogP contribution in [0.25, 0.3) is 0 Å². The van der Waals surface area contributed by atoms with Gasteiger partial charge in [0, 0.05) is 12.2 Å². The Hall–Kier alpha value is -0.970. The number of rotatable bonds is 2. The predicted molar refractivity (Wildman–Crippen MR) is 79.5 cm³/mol. The van der Waals surface area contributed by atoms with Gasteiger partial charge in [-0.3, -0.25) is 10.2 Å². The van der Waals surface area contributed by atoms with Crippen LogP contribution in [0, 0.1) is 5.92 Å². The zero-order valence-electron chi connectivity index (χ0n) is 10.9. The molecule has 0 radical (unpaired) electrons. The number of nitrogens with one attached hydrogen (secondary N) is 1. The Morgan fingerprint density at radius 1 is 1.25 bits per heavy atom. The van der Waals surface area contributed by atoms with Crippen molar-refractivity contribution in [2.75, 3.05) is 25.0 Å². The maximum atomic E-state index is 11.9. The van der Waals surface area contributed by atoms with Crippen LogP contribution >= 0.6 is 23.2 Å². The predicted octanol–water partition coefficient (Wildman–Crippen LogP) is 3.64. The van der Waals surface area contributed by atoms with Crippen molar-refractivity contribution in [2.45, 2.75) is 18.9 Å². The summed E-state index contributed by atoms with van der Waals surface area (Å²) in [5.74, 6) is 0.500.